The van der Waals surface area contributed by atoms with Gasteiger partial charge >= 0.3 is 0 Å². The molecule has 1 N–H and O–H groups in total. The Hall–Kier alpha value is -1.32. The van der Waals surface area contributed by atoms with Gasteiger partial charge in [-0.2, -0.15) is 0 Å². The lowest BCUT2D eigenvalue weighted by Crippen LogP contribution is -2.04. The maximum Gasteiger partial charge on any atom is 0.266 e. The van der Waals surface area contributed by atoms with Gasteiger partial charge in [-0.1, -0.05) is 29.3 Å². The van der Waals surface area contributed by atoms with Crippen molar-refractivity contribution in [3.63, 3.8) is 0 Å². The van der Waals surface area contributed by atoms with Crippen LogP contribution in [0.1, 0.15) is 0 Å². The monoisotopic (exact) mass is 240 g/mol. The van der Waals surface area contributed by atoms with E-state index in [1.165, 1.54) is 12.4 Å². The number of halogens is 2. The number of nitrogens with zero attached hydrogens (tertiary/aromatic N) is 1. The molecule has 0 radical (unpaired) electrons. The minimum Gasteiger partial charge on any atom is -0.326 e. The van der Waals surface area contributed by atoms with Crippen molar-refractivity contribution in [2.75, 3.05) is 0 Å². The van der Waals surface area contributed by atoms with Gasteiger partial charge in [0.2, 0.25) is 0 Å². The molecule has 0 saturated carbocycles. The van der Waals surface area contributed by atoms with Crippen molar-refractivity contribution in [3.8, 4) is 11.3 Å². The molecule has 76 valence electrons. The van der Waals surface area contributed by atoms with Gasteiger partial charge in [0, 0.05) is 11.8 Å². The molecule has 0 saturated heterocycles. The van der Waals surface area contributed by atoms with Gasteiger partial charge in [0.25, 0.3) is 5.56 Å². The molecule has 3 nitrogen and oxygen atoms in total. The first-order valence-electron chi connectivity index (χ1n) is 4.17. The summed E-state index contributed by atoms with van der Waals surface area (Å²) in [5.41, 5.74) is 1.22. The lowest BCUT2D eigenvalue weighted by molar-refractivity contribution is 1.14. The van der Waals surface area contributed by atoms with E-state index < -0.39 is 0 Å². The van der Waals surface area contributed by atoms with Gasteiger partial charge in [-0.05, 0) is 12.1 Å². The van der Waals surface area contributed by atoms with Crippen molar-refractivity contribution < 1.29 is 0 Å². The molecule has 1 heterocycles. The minimum atomic E-state index is -0.237. The van der Waals surface area contributed by atoms with Gasteiger partial charge in [0.1, 0.15) is 0 Å². The van der Waals surface area contributed by atoms with Crippen LogP contribution < -0.4 is 5.56 Å². The predicted molar refractivity (Wildman–Crippen MR) is 60.3 cm³/mol. The summed E-state index contributed by atoms with van der Waals surface area (Å²) in [7, 11) is 0. The summed E-state index contributed by atoms with van der Waals surface area (Å²) in [6.45, 7) is 0. The molecule has 5 heteroatoms. The van der Waals surface area contributed by atoms with Crippen LogP contribution in [0.5, 0.6) is 0 Å². The van der Waals surface area contributed by atoms with Crippen LogP contribution in [0.25, 0.3) is 11.3 Å². The number of rotatable bonds is 1. The number of hydrogen-bond donors (Lipinski definition) is 1. The third kappa shape index (κ3) is 2.19. The van der Waals surface area contributed by atoms with E-state index in [0.717, 1.165) is 5.56 Å². The van der Waals surface area contributed by atoms with E-state index in [2.05, 4.69) is 9.97 Å². The van der Waals surface area contributed by atoms with E-state index in [1.54, 1.807) is 18.2 Å². The molecule has 2 aromatic rings. The smallest absolute Gasteiger partial charge is 0.266 e. The van der Waals surface area contributed by atoms with E-state index in [9.17, 15) is 4.79 Å². The number of aromatic nitrogens is 2. The summed E-state index contributed by atoms with van der Waals surface area (Å²) in [6, 6.07) is 5.17. The van der Waals surface area contributed by atoms with Crippen molar-refractivity contribution in [1.29, 1.82) is 0 Å². The normalized spacial score (nSPS) is 10.3. The van der Waals surface area contributed by atoms with Gasteiger partial charge in [-0.15, -0.1) is 0 Å². The molecule has 15 heavy (non-hydrogen) atoms. The SMILES string of the molecule is O=c1cnc(-c2ccc(Cl)c(Cl)c2)c[nH]1. The average molecular weight is 241 g/mol. The molecule has 0 aliphatic heterocycles. The molecular weight excluding hydrogens is 235 g/mol. The maximum atomic E-state index is 10.8. The van der Waals surface area contributed by atoms with Crippen LogP contribution in [0.2, 0.25) is 10.0 Å². The van der Waals surface area contributed by atoms with Crippen molar-refractivity contribution in [1.82, 2.24) is 9.97 Å². The zero-order valence-electron chi connectivity index (χ0n) is 7.50. The Morgan fingerprint density at radius 3 is 2.60 bits per heavy atom. The Morgan fingerprint density at radius 2 is 2.00 bits per heavy atom. The van der Waals surface area contributed by atoms with Crippen LogP contribution in [0.15, 0.2) is 35.4 Å². The Bertz CT molecular complexity index is 531. The van der Waals surface area contributed by atoms with Crippen LogP contribution in [0.3, 0.4) is 0 Å². The highest BCUT2D eigenvalue weighted by Gasteiger charge is 2.02. The molecule has 0 unspecified atom stereocenters. The maximum absolute atomic E-state index is 10.8. The highest BCUT2D eigenvalue weighted by atomic mass is 35.5. The third-order valence-electron chi connectivity index (χ3n) is 1.89. The molecule has 0 bridgehead atoms. The highest BCUT2D eigenvalue weighted by Crippen LogP contribution is 2.26. The van der Waals surface area contributed by atoms with E-state index in [4.69, 9.17) is 23.2 Å². The van der Waals surface area contributed by atoms with Gasteiger partial charge < -0.3 is 4.98 Å². The van der Waals surface area contributed by atoms with E-state index >= 15 is 0 Å². The van der Waals surface area contributed by atoms with Crippen LogP contribution >= 0.6 is 23.2 Å². The number of hydrogen-bond acceptors (Lipinski definition) is 2. The molecular formula is C10H6Cl2N2O. The van der Waals surface area contributed by atoms with Crippen molar-refractivity contribution in [2.45, 2.75) is 0 Å². The number of nitrogens with one attached hydrogen (secondary N) is 1. The number of H-pyrrole nitrogens is 1. The molecule has 1 aromatic heterocycles. The van der Waals surface area contributed by atoms with Gasteiger partial charge in [-0.25, -0.2) is 4.98 Å². The molecule has 0 aliphatic carbocycles. The first kappa shape index (κ1) is 10.2. The summed E-state index contributed by atoms with van der Waals surface area (Å²) < 4.78 is 0. The molecule has 2 rings (SSSR count). The molecule has 0 amide bonds. The second-order valence-electron chi connectivity index (χ2n) is 2.93. The van der Waals surface area contributed by atoms with Crippen LogP contribution in [0, 0.1) is 0 Å². The molecule has 0 atom stereocenters. The van der Waals surface area contributed by atoms with Crippen LogP contribution in [-0.2, 0) is 0 Å². The van der Waals surface area contributed by atoms with E-state index in [1.807, 2.05) is 0 Å². The molecule has 0 fully saturated rings. The highest BCUT2D eigenvalue weighted by molar-refractivity contribution is 6.42. The van der Waals surface area contributed by atoms with Crippen LogP contribution in [0.4, 0.5) is 0 Å². The number of benzene rings is 1. The summed E-state index contributed by atoms with van der Waals surface area (Å²) >= 11 is 11.6. The zero-order valence-corrected chi connectivity index (χ0v) is 9.01. The fourth-order valence-corrected chi connectivity index (χ4v) is 1.45. The van der Waals surface area contributed by atoms with Gasteiger partial charge in [-0.3, -0.25) is 4.79 Å². The average Bonchev–Trinajstić information content (AvgIpc) is 2.23. The largest absolute Gasteiger partial charge is 0.326 e. The standard InChI is InChI=1S/C10H6Cl2N2O/c11-7-2-1-6(3-8(7)12)9-4-14-10(15)5-13-9/h1-5H,(H,14,15). The lowest BCUT2D eigenvalue weighted by Gasteiger charge is -2.01. The van der Waals surface area contributed by atoms with Gasteiger partial charge in [0.05, 0.1) is 21.9 Å². The Kier molecular flexibility index (Phi) is 2.75. The van der Waals surface area contributed by atoms with E-state index in [0.29, 0.717) is 15.7 Å². The quantitative estimate of drug-likeness (QED) is 0.834. The second kappa shape index (κ2) is 4.04. The van der Waals surface area contributed by atoms with Crippen molar-refractivity contribution in [2.24, 2.45) is 0 Å². The second-order valence-corrected chi connectivity index (χ2v) is 3.74. The summed E-state index contributed by atoms with van der Waals surface area (Å²) in [5, 5.41) is 0.951. The van der Waals surface area contributed by atoms with Crippen molar-refractivity contribution >= 4 is 23.2 Å². The first-order chi connectivity index (χ1) is 7.16. The molecule has 0 aliphatic rings. The fourth-order valence-electron chi connectivity index (χ4n) is 1.16. The van der Waals surface area contributed by atoms with E-state index in [-0.39, 0.29) is 5.56 Å². The Balaban J connectivity index is 2.50. The number of aromatic amines is 1. The zero-order chi connectivity index (χ0) is 10.8. The summed E-state index contributed by atoms with van der Waals surface area (Å²) in [4.78, 5) is 17.3. The van der Waals surface area contributed by atoms with Crippen LogP contribution in [-0.4, -0.2) is 9.97 Å². The minimum absolute atomic E-state index is 0.237. The third-order valence-corrected chi connectivity index (χ3v) is 2.63. The molecule has 0 spiro atoms. The summed E-state index contributed by atoms with van der Waals surface area (Å²) in [6.07, 6.45) is 2.75. The Morgan fingerprint density at radius 1 is 1.20 bits per heavy atom. The van der Waals surface area contributed by atoms with Gasteiger partial charge in [0.15, 0.2) is 0 Å². The topological polar surface area (TPSA) is 45.8 Å². The Labute approximate surface area is 95.7 Å². The summed E-state index contributed by atoms with van der Waals surface area (Å²) in [5.74, 6) is 0. The fraction of sp³-hybridized carbons (Fsp3) is 0. The molecule has 1 aromatic carbocycles. The predicted octanol–water partition coefficient (Wildman–Crippen LogP) is 2.74. The van der Waals surface area contributed by atoms with Crippen molar-refractivity contribution in [3.05, 3.63) is 51.0 Å². The first-order valence-corrected chi connectivity index (χ1v) is 4.92. The lowest BCUT2D eigenvalue weighted by atomic mass is 10.2.